The molecule has 2 N–H and O–H groups in total. The molecule has 7 heteroatoms. The van der Waals surface area contributed by atoms with Gasteiger partial charge < -0.3 is 15.4 Å². The van der Waals surface area contributed by atoms with Crippen LogP contribution in [0.25, 0.3) is 0 Å². The molecular formula is C16H15Cl2FN2O2. The first kappa shape index (κ1) is 17.4. The van der Waals surface area contributed by atoms with Crippen LogP contribution in [0, 0.1) is 5.82 Å². The van der Waals surface area contributed by atoms with Crippen molar-refractivity contribution in [2.75, 3.05) is 24.3 Å². The minimum atomic E-state index is -0.528. The number of halogens is 3. The Morgan fingerprint density at radius 2 is 2.00 bits per heavy atom. The van der Waals surface area contributed by atoms with Crippen molar-refractivity contribution < 1.29 is 13.9 Å². The van der Waals surface area contributed by atoms with E-state index in [0.717, 1.165) is 0 Å². The Morgan fingerprint density at radius 1 is 1.22 bits per heavy atom. The first-order chi connectivity index (χ1) is 11.0. The van der Waals surface area contributed by atoms with E-state index in [-0.39, 0.29) is 17.4 Å². The highest BCUT2D eigenvalue weighted by atomic mass is 35.5. The lowest BCUT2D eigenvalue weighted by molar-refractivity contribution is -0.115. The van der Waals surface area contributed by atoms with Crippen molar-refractivity contribution in [1.82, 2.24) is 0 Å². The fourth-order valence-corrected chi connectivity index (χ4v) is 2.28. The summed E-state index contributed by atoms with van der Waals surface area (Å²) in [6.45, 7) is 0.386. The van der Waals surface area contributed by atoms with Crippen LogP contribution in [0.2, 0.25) is 10.0 Å². The van der Waals surface area contributed by atoms with Gasteiger partial charge in [-0.25, -0.2) is 4.39 Å². The molecule has 0 aliphatic rings. The summed E-state index contributed by atoms with van der Waals surface area (Å²) in [4.78, 5) is 11.9. The van der Waals surface area contributed by atoms with Crippen molar-refractivity contribution in [3.05, 3.63) is 52.3 Å². The minimum Gasteiger partial charge on any atom is -0.495 e. The summed E-state index contributed by atoms with van der Waals surface area (Å²) in [7, 11) is 1.55. The third-order valence-electron chi connectivity index (χ3n) is 3.03. The molecule has 0 spiro atoms. The quantitative estimate of drug-likeness (QED) is 0.796. The van der Waals surface area contributed by atoms with E-state index in [1.54, 1.807) is 25.3 Å². The van der Waals surface area contributed by atoms with Gasteiger partial charge in [-0.05, 0) is 36.4 Å². The Morgan fingerprint density at radius 3 is 2.70 bits per heavy atom. The molecule has 0 aliphatic carbocycles. The molecule has 0 atom stereocenters. The van der Waals surface area contributed by atoms with Crippen LogP contribution < -0.4 is 15.4 Å². The summed E-state index contributed by atoms with van der Waals surface area (Å²) in [6.07, 6.45) is 0.213. The maximum absolute atomic E-state index is 13.1. The molecular weight excluding hydrogens is 342 g/mol. The van der Waals surface area contributed by atoms with E-state index < -0.39 is 5.82 Å². The van der Waals surface area contributed by atoms with E-state index in [0.29, 0.717) is 28.7 Å². The van der Waals surface area contributed by atoms with Gasteiger partial charge in [-0.1, -0.05) is 23.2 Å². The van der Waals surface area contributed by atoms with Crippen LogP contribution in [-0.4, -0.2) is 19.6 Å². The number of rotatable bonds is 6. The maximum Gasteiger partial charge on any atom is 0.226 e. The third kappa shape index (κ3) is 5.01. The Hall–Kier alpha value is -1.98. The van der Waals surface area contributed by atoms with Gasteiger partial charge >= 0.3 is 0 Å². The van der Waals surface area contributed by atoms with Crippen LogP contribution in [0.4, 0.5) is 15.8 Å². The predicted octanol–water partition coefficient (Wildman–Crippen LogP) is 4.58. The molecule has 0 aromatic heterocycles. The lowest BCUT2D eigenvalue weighted by atomic mass is 10.2. The van der Waals surface area contributed by atoms with E-state index >= 15 is 0 Å². The highest BCUT2D eigenvalue weighted by molar-refractivity contribution is 6.31. The summed E-state index contributed by atoms with van der Waals surface area (Å²) in [5.74, 6) is -0.110. The Kier molecular flexibility index (Phi) is 6.07. The molecule has 0 aliphatic heterocycles. The molecule has 0 unspecified atom stereocenters. The largest absolute Gasteiger partial charge is 0.495 e. The highest BCUT2D eigenvalue weighted by Crippen LogP contribution is 2.27. The Labute approximate surface area is 143 Å². The lowest BCUT2D eigenvalue weighted by Gasteiger charge is -2.11. The van der Waals surface area contributed by atoms with Crippen LogP contribution in [0.1, 0.15) is 6.42 Å². The first-order valence-corrected chi connectivity index (χ1v) is 7.57. The van der Waals surface area contributed by atoms with Gasteiger partial charge in [-0.3, -0.25) is 4.79 Å². The van der Waals surface area contributed by atoms with E-state index in [2.05, 4.69) is 10.6 Å². The number of carbonyl (C=O) groups is 1. The molecule has 0 fully saturated rings. The summed E-state index contributed by atoms with van der Waals surface area (Å²) in [5, 5.41) is 6.27. The molecule has 2 aromatic carbocycles. The number of anilines is 2. The Bertz CT molecular complexity index is 710. The zero-order valence-electron chi connectivity index (χ0n) is 12.3. The standard InChI is InChI=1S/C16H15Cl2FN2O2/c1-23-15-5-2-10(17)8-14(15)20-7-6-16(22)21-11-3-4-13(19)12(18)9-11/h2-5,8-9,20H,6-7H2,1H3,(H,21,22). The summed E-state index contributed by atoms with van der Waals surface area (Å²) < 4.78 is 18.3. The molecule has 0 radical (unpaired) electrons. The molecule has 0 heterocycles. The highest BCUT2D eigenvalue weighted by Gasteiger charge is 2.07. The molecule has 122 valence electrons. The molecule has 0 saturated carbocycles. The second kappa shape index (κ2) is 8.04. The van der Waals surface area contributed by atoms with Crippen molar-refractivity contribution in [3.63, 3.8) is 0 Å². The van der Waals surface area contributed by atoms with Crippen LogP contribution in [0.3, 0.4) is 0 Å². The molecule has 2 rings (SSSR count). The lowest BCUT2D eigenvalue weighted by Crippen LogP contribution is -2.16. The van der Waals surface area contributed by atoms with Crippen LogP contribution in [0.15, 0.2) is 36.4 Å². The number of carbonyl (C=O) groups excluding carboxylic acids is 1. The first-order valence-electron chi connectivity index (χ1n) is 6.82. The van der Waals surface area contributed by atoms with Gasteiger partial charge in [0.1, 0.15) is 11.6 Å². The molecule has 1 amide bonds. The monoisotopic (exact) mass is 356 g/mol. The number of amides is 1. The molecule has 0 saturated heterocycles. The number of hydrogen-bond acceptors (Lipinski definition) is 3. The minimum absolute atomic E-state index is 0.0374. The number of nitrogens with one attached hydrogen (secondary N) is 2. The van der Waals surface area contributed by atoms with Crippen LogP contribution in [0.5, 0.6) is 5.75 Å². The normalized spacial score (nSPS) is 10.3. The van der Waals surface area contributed by atoms with E-state index in [1.807, 2.05) is 0 Å². The topological polar surface area (TPSA) is 50.4 Å². The molecule has 23 heavy (non-hydrogen) atoms. The number of hydrogen-bond donors (Lipinski definition) is 2. The second-order valence-corrected chi connectivity index (χ2v) is 5.54. The Balaban J connectivity index is 1.87. The third-order valence-corrected chi connectivity index (χ3v) is 3.56. The van der Waals surface area contributed by atoms with Gasteiger partial charge in [0.05, 0.1) is 17.8 Å². The number of benzene rings is 2. The summed E-state index contributed by atoms with van der Waals surface area (Å²) in [5.41, 5.74) is 1.15. The zero-order chi connectivity index (χ0) is 16.8. The van der Waals surface area contributed by atoms with E-state index in [1.165, 1.54) is 18.2 Å². The average Bonchev–Trinajstić information content (AvgIpc) is 2.51. The SMILES string of the molecule is COc1ccc(Cl)cc1NCCC(=O)Nc1ccc(F)c(Cl)c1. The second-order valence-electron chi connectivity index (χ2n) is 4.70. The maximum atomic E-state index is 13.1. The van der Waals surface area contributed by atoms with Crippen molar-refractivity contribution in [2.24, 2.45) is 0 Å². The van der Waals surface area contributed by atoms with Gasteiger partial charge in [0.25, 0.3) is 0 Å². The van der Waals surface area contributed by atoms with E-state index in [4.69, 9.17) is 27.9 Å². The fourth-order valence-electron chi connectivity index (χ4n) is 1.93. The van der Waals surface area contributed by atoms with Crippen molar-refractivity contribution in [3.8, 4) is 5.75 Å². The summed E-state index contributed by atoms with van der Waals surface area (Å²) in [6, 6.07) is 9.20. The molecule has 0 bridgehead atoms. The van der Waals surface area contributed by atoms with Gasteiger partial charge in [0.2, 0.25) is 5.91 Å². The van der Waals surface area contributed by atoms with Crippen molar-refractivity contribution in [2.45, 2.75) is 6.42 Å². The van der Waals surface area contributed by atoms with E-state index in [9.17, 15) is 9.18 Å². The van der Waals surface area contributed by atoms with Gasteiger partial charge in [0.15, 0.2) is 0 Å². The van der Waals surface area contributed by atoms with Gasteiger partial charge in [-0.15, -0.1) is 0 Å². The van der Waals surface area contributed by atoms with Gasteiger partial charge in [-0.2, -0.15) is 0 Å². The molecule has 4 nitrogen and oxygen atoms in total. The fraction of sp³-hybridized carbons (Fsp3) is 0.188. The predicted molar refractivity (Wildman–Crippen MR) is 91.2 cm³/mol. The number of ether oxygens (including phenoxy) is 1. The summed E-state index contributed by atoms with van der Waals surface area (Å²) >= 11 is 11.6. The van der Waals surface area contributed by atoms with Crippen molar-refractivity contribution >= 4 is 40.5 Å². The number of methoxy groups -OCH3 is 1. The zero-order valence-corrected chi connectivity index (χ0v) is 13.8. The molecule has 2 aromatic rings. The van der Waals surface area contributed by atoms with Crippen molar-refractivity contribution in [1.29, 1.82) is 0 Å². The van der Waals surface area contributed by atoms with Crippen LogP contribution in [-0.2, 0) is 4.79 Å². The van der Waals surface area contributed by atoms with Crippen LogP contribution >= 0.6 is 23.2 Å². The smallest absolute Gasteiger partial charge is 0.226 e. The average molecular weight is 357 g/mol. The van der Waals surface area contributed by atoms with Gasteiger partial charge in [0, 0.05) is 23.7 Å².